The Balaban J connectivity index is 1.09. The number of anilines is 1. The lowest BCUT2D eigenvalue weighted by Crippen LogP contribution is -2.59. The second-order valence-electron chi connectivity index (χ2n) is 10.4. The third-order valence-electron chi connectivity index (χ3n) is 8.19. The summed E-state index contributed by atoms with van der Waals surface area (Å²) < 4.78 is 11.6. The van der Waals surface area contributed by atoms with E-state index in [-0.39, 0.29) is 5.41 Å². The van der Waals surface area contributed by atoms with Gasteiger partial charge in [-0.2, -0.15) is 0 Å². The molecular formula is C29H33N3O2. The summed E-state index contributed by atoms with van der Waals surface area (Å²) in [6.45, 7) is 6.43. The average Bonchev–Trinajstić information content (AvgIpc) is 2.83. The Morgan fingerprint density at radius 2 is 1.56 bits per heavy atom. The predicted octanol–water partition coefficient (Wildman–Crippen LogP) is 5.45. The molecule has 2 aromatic carbocycles. The van der Waals surface area contributed by atoms with Crippen molar-refractivity contribution >= 4 is 5.95 Å². The van der Waals surface area contributed by atoms with E-state index in [0.29, 0.717) is 12.0 Å². The molecule has 2 aliphatic heterocycles. The van der Waals surface area contributed by atoms with E-state index in [9.17, 15) is 0 Å². The highest BCUT2D eigenvalue weighted by atomic mass is 16.5. The number of aryl methyl sites for hydroxylation is 1. The first-order valence-electron chi connectivity index (χ1n) is 12.6. The minimum Gasteiger partial charge on any atom is -0.487 e. The van der Waals surface area contributed by atoms with Gasteiger partial charge in [-0.25, -0.2) is 9.97 Å². The van der Waals surface area contributed by atoms with Crippen LogP contribution in [-0.2, 0) is 16.8 Å². The van der Waals surface area contributed by atoms with E-state index in [1.165, 1.54) is 36.0 Å². The van der Waals surface area contributed by atoms with Crippen molar-refractivity contribution in [1.29, 1.82) is 0 Å². The van der Waals surface area contributed by atoms with E-state index in [2.05, 4.69) is 65.3 Å². The van der Waals surface area contributed by atoms with Crippen LogP contribution in [0.5, 0.6) is 5.75 Å². The number of hydrogen-bond donors (Lipinski definition) is 0. The van der Waals surface area contributed by atoms with Gasteiger partial charge < -0.3 is 14.4 Å². The highest BCUT2D eigenvalue weighted by molar-refractivity contribution is 5.44. The summed E-state index contributed by atoms with van der Waals surface area (Å²) in [5, 5.41) is 0. The molecule has 1 aromatic heterocycles. The van der Waals surface area contributed by atoms with Gasteiger partial charge in [-0.15, -0.1) is 0 Å². The van der Waals surface area contributed by atoms with Crippen LogP contribution in [0.25, 0.3) is 0 Å². The number of aromatic nitrogens is 2. The lowest BCUT2D eigenvalue weighted by Gasteiger charge is -2.52. The molecule has 0 amide bonds. The zero-order chi connectivity index (χ0) is 23.0. The normalized spacial score (nSPS) is 20.4. The van der Waals surface area contributed by atoms with Gasteiger partial charge in [0.2, 0.25) is 5.95 Å². The Bertz CT molecular complexity index is 1120. The van der Waals surface area contributed by atoms with Crippen molar-refractivity contribution in [2.24, 2.45) is 5.41 Å². The molecule has 3 aromatic rings. The average molecular weight is 456 g/mol. The van der Waals surface area contributed by atoms with E-state index >= 15 is 0 Å². The molecule has 5 heteroatoms. The zero-order valence-electron chi connectivity index (χ0n) is 20.0. The van der Waals surface area contributed by atoms with Gasteiger partial charge in [0, 0.05) is 43.3 Å². The number of ether oxygens (including phenoxy) is 2. The van der Waals surface area contributed by atoms with Gasteiger partial charge >= 0.3 is 0 Å². The molecule has 3 fully saturated rings. The molecule has 0 N–H and O–H groups in total. The summed E-state index contributed by atoms with van der Waals surface area (Å²) in [7, 11) is 0. The molecule has 0 atom stereocenters. The minimum atomic E-state index is 0.160. The van der Waals surface area contributed by atoms with Gasteiger partial charge in [-0.05, 0) is 61.9 Å². The van der Waals surface area contributed by atoms with Crippen molar-refractivity contribution in [3.05, 3.63) is 83.2 Å². The number of rotatable bonds is 6. The third kappa shape index (κ3) is 3.96. The molecule has 0 radical (unpaired) electrons. The van der Waals surface area contributed by atoms with Gasteiger partial charge in [0.15, 0.2) is 0 Å². The second-order valence-corrected chi connectivity index (χ2v) is 10.4. The van der Waals surface area contributed by atoms with E-state index in [0.717, 1.165) is 56.5 Å². The molecule has 6 rings (SSSR count). The van der Waals surface area contributed by atoms with Gasteiger partial charge in [0.05, 0.1) is 5.69 Å². The molecule has 1 aliphatic carbocycles. The number of hydrogen-bond acceptors (Lipinski definition) is 5. The quantitative estimate of drug-likeness (QED) is 0.495. The van der Waals surface area contributed by atoms with Crippen molar-refractivity contribution in [1.82, 2.24) is 9.97 Å². The maximum Gasteiger partial charge on any atom is 0.225 e. The third-order valence-corrected chi connectivity index (χ3v) is 8.19. The summed E-state index contributed by atoms with van der Waals surface area (Å²) in [5.74, 6) is 1.70. The Morgan fingerprint density at radius 1 is 0.882 bits per heavy atom. The zero-order valence-corrected chi connectivity index (χ0v) is 20.0. The van der Waals surface area contributed by atoms with Gasteiger partial charge in [-0.3, -0.25) is 0 Å². The largest absolute Gasteiger partial charge is 0.487 e. The van der Waals surface area contributed by atoms with E-state index in [1.807, 2.05) is 12.3 Å². The monoisotopic (exact) mass is 455 g/mol. The molecule has 5 nitrogen and oxygen atoms in total. The summed E-state index contributed by atoms with van der Waals surface area (Å²) in [6.07, 6.45) is 7.85. The number of nitrogens with zero attached hydrogens (tertiary/aromatic N) is 3. The molecule has 0 unspecified atom stereocenters. The first-order valence-corrected chi connectivity index (χ1v) is 12.6. The van der Waals surface area contributed by atoms with Crippen LogP contribution in [0.2, 0.25) is 0 Å². The van der Waals surface area contributed by atoms with E-state index in [1.54, 1.807) is 0 Å². The maximum atomic E-state index is 6.10. The van der Waals surface area contributed by atoms with E-state index < -0.39 is 0 Å². The van der Waals surface area contributed by atoms with E-state index in [4.69, 9.17) is 14.5 Å². The first kappa shape index (κ1) is 21.6. The van der Waals surface area contributed by atoms with Crippen LogP contribution in [0.4, 0.5) is 5.95 Å². The fourth-order valence-corrected chi connectivity index (χ4v) is 5.82. The summed E-state index contributed by atoms with van der Waals surface area (Å²) in [4.78, 5) is 11.6. The topological polar surface area (TPSA) is 47.5 Å². The Kier molecular flexibility index (Phi) is 5.53. The molecule has 1 spiro atoms. The molecule has 2 saturated heterocycles. The fraction of sp³-hybridized carbons (Fsp3) is 0.448. The lowest BCUT2D eigenvalue weighted by molar-refractivity contribution is -0.000760. The van der Waals surface area contributed by atoms with Crippen LogP contribution in [-0.4, -0.2) is 36.3 Å². The van der Waals surface area contributed by atoms with Crippen LogP contribution in [0.3, 0.4) is 0 Å². The maximum absolute atomic E-state index is 6.10. The predicted molar refractivity (Wildman–Crippen MR) is 133 cm³/mol. The van der Waals surface area contributed by atoms with Crippen LogP contribution < -0.4 is 9.64 Å². The molecule has 0 bridgehead atoms. The molecule has 3 aliphatic rings. The van der Waals surface area contributed by atoms with Gasteiger partial charge in [-0.1, -0.05) is 48.4 Å². The van der Waals surface area contributed by atoms with Crippen molar-refractivity contribution in [2.75, 3.05) is 31.2 Å². The first-order chi connectivity index (χ1) is 16.6. The highest BCUT2D eigenvalue weighted by Gasteiger charge is 2.45. The summed E-state index contributed by atoms with van der Waals surface area (Å²) in [5.41, 5.74) is 5.61. The Labute approximate surface area is 202 Å². The second kappa shape index (κ2) is 8.70. The SMILES string of the molecule is Cc1ccc(C2(c3ccc(OCc4ccnc(N5CC6(CCOCC6)C5)n4)cc3)CCC2)cc1. The van der Waals surface area contributed by atoms with Crippen molar-refractivity contribution in [3.8, 4) is 5.75 Å². The van der Waals surface area contributed by atoms with Crippen molar-refractivity contribution in [2.45, 2.75) is 51.0 Å². The smallest absolute Gasteiger partial charge is 0.225 e. The minimum absolute atomic E-state index is 0.160. The Hall–Kier alpha value is -2.92. The van der Waals surface area contributed by atoms with Crippen molar-refractivity contribution < 1.29 is 9.47 Å². The molecule has 176 valence electrons. The molecule has 34 heavy (non-hydrogen) atoms. The fourth-order valence-electron chi connectivity index (χ4n) is 5.82. The summed E-state index contributed by atoms with van der Waals surface area (Å²) >= 11 is 0. The van der Waals surface area contributed by atoms with Gasteiger partial charge in [0.1, 0.15) is 12.4 Å². The van der Waals surface area contributed by atoms with Gasteiger partial charge in [0.25, 0.3) is 0 Å². The number of benzene rings is 2. The summed E-state index contributed by atoms with van der Waals surface area (Å²) in [6, 6.07) is 19.7. The molecule has 3 heterocycles. The molecular weight excluding hydrogens is 422 g/mol. The standard InChI is InChI=1S/C29H33N3O2/c1-22-3-5-23(6-4-22)29(12-2-13-29)24-7-9-26(10-8-24)34-19-25-11-16-30-27(31-25)32-20-28(21-32)14-17-33-18-15-28/h3-11,16H,2,12-15,17-21H2,1H3. The van der Waals surface area contributed by atoms with Crippen LogP contribution in [0, 0.1) is 12.3 Å². The molecule has 1 saturated carbocycles. The van der Waals surface area contributed by atoms with Crippen molar-refractivity contribution in [3.63, 3.8) is 0 Å². The Morgan fingerprint density at radius 3 is 2.21 bits per heavy atom. The van der Waals surface area contributed by atoms with Crippen LogP contribution in [0.15, 0.2) is 60.8 Å². The van der Waals surface area contributed by atoms with Crippen LogP contribution >= 0.6 is 0 Å². The van der Waals surface area contributed by atoms with Crippen LogP contribution in [0.1, 0.15) is 54.5 Å². The highest BCUT2D eigenvalue weighted by Crippen LogP contribution is 2.49. The lowest BCUT2D eigenvalue weighted by atomic mass is 9.60.